The number of imidazole rings is 1. The molecular weight excluding hydrogens is 324 g/mol. The number of piperazine rings is 1. The van der Waals surface area contributed by atoms with Crippen molar-refractivity contribution in [2.75, 3.05) is 19.6 Å². The lowest BCUT2D eigenvalue weighted by atomic mass is 10.1. The molecule has 8 heteroatoms. The summed E-state index contributed by atoms with van der Waals surface area (Å²) in [5, 5.41) is 3.26. The van der Waals surface area contributed by atoms with Crippen LogP contribution in [-0.4, -0.2) is 34.1 Å². The maximum atomic E-state index is 13.6. The van der Waals surface area contributed by atoms with Crippen molar-refractivity contribution in [2.45, 2.75) is 18.8 Å². The molecule has 1 N–H and O–H groups in total. The smallest absolute Gasteiger partial charge is 0.337 e. The van der Waals surface area contributed by atoms with Gasteiger partial charge in [0.15, 0.2) is 0 Å². The van der Waals surface area contributed by atoms with E-state index >= 15 is 0 Å². The zero-order valence-electron chi connectivity index (χ0n) is 13.1. The molecule has 0 spiro atoms. The van der Waals surface area contributed by atoms with Gasteiger partial charge in [-0.25, -0.2) is 9.37 Å². The van der Waals surface area contributed by atoms with Crippen molar-refractivity contribution in [3.63, 3.8) is 0 Å². The van der Waals surface area contributed by atoms with Gasteiger partial charge in [-0.1, -0.05) is 0 Å². The van der Waals surface area contributed by atoms with E-state index in [-0.39, 0.29) is 12.6 Å². The van der Waals surface area contributed by atoms with Crippen LogP contribution in [0.25, 0.3) is 0 Å². The third-order valence-electron chi connectivity index (χ3n) is 4.18. The Labute approximate surface area is 137 Å². The Morgan fingerprint density at radius 1 is 1.29 bits per heavy atom. The maximum Gasteiger partial charge on any atom is 0.416 e. The summed E-state index contributed by atoms with van der Waals surface area (Å²) >= 11 is 0. The molecule has 3 rings (SSSR count). The third kappa shape index (κ3) is 3.59. The molecule has 0 bridgehead atoms. The minimum absolute atomic E-state index is 0.0728. The molecular formula is C16H18F4N4. The van der Waals surface area contributed by atoms with Crippen LogP contribution in [0.4, 0.5) is 17.6 Å². The van der Waals surface area contributed by atoms with Crippen molar-refractivity contribution in [1.82, 2.24) is 19.8 Å². The van der Waals surface area contributed by atoms with Gasteiger partial charge in [0.05, 0.1) is 11.6 Å². The number of halogens is 4. The minimum atomic E-state index is -4.56. The number of aromatic nitrogens is 2. The fourth-order valence-electron chi connectivity index (χ4n) is 3.03. The SMILES string of the molecule is Cn1ccnc1C1CNCCN1Cc1cc(F)cc(C(F)(F)F)c1. The summed E-state index contributed by atoms with van der Waals surface area (Å²) in [5.41, 5.74) is -0.649. The molecule has 0 radical (unpaired) electrons. The van der Waals surface area contributed by atoms with E-state index in [0.29, 0.717) is 24.7 Å². The zero-order chi connectivity index (χ0) is 17.3. The summed E-state index contributed by atoms with van der Waals surface area (Å²) in [6.45, 7) is 2.25. The highest BCUT2D eigenvalue weighted by Gasteiger charge is 2.32. The second kappa shape index (κ2) is 6.52. The Balaban J connectivity index is 1.86. The van der Waals surface area contributed by atoms with Crippen molar-refractivity contribution in [3.05, 3.63) is 53.4 Å². The Kier molecular flexibility index (Phi) is 4.60. The van der Waals surface area contributed by atoms with Crippen molar-refractivity contribution >= 4 is 0 Å². The molecule has 2 heterocycles. The second-order valence-corrected chi connectivity index (χ2v) is 5.93. The van der Waals surface area contributed by atoms with E-state index in [2.05, 4.69) is 10.3 Å². The molecule has 0 aliphatic carbocycles. The van der Waals surface area contributed by atoms with Gasteiger partial charge in [-0.15, -0.1) is 0 Å². The predicted molar refractivity (Wildman–Crippen MR) is 80.6 cm³/mol. The number of nitrogens with one attached hydrogen (secondary N) is 1. The summed E-state index contributed by atoms with van der Waals surface area (Å²) in [7, 11) is 1.87. The lowest BCUT2D eigenvalue weighted by Crippen LogP contribution is -2.46. The first-order valence-corrected chi connectivity index (χ1v) is 7.63. The average molecular weight is 342 g/mol. The summed E-state index contributed by atoms with van der Waals surface area (Å²) < 4.78 is 54.1. The predicted octanol–water partition coefficient (Wildman–Crippen LogP) is 2.72. The molecule has 1 saturated heterocycles. The number of hydrogen-bond acceptors (Lipinski definition) is 3. The summed E-state index contributed by atoms with van der Waals surface area (Å²) in [6, 6.07) is 2.63. The normalized spacial score (nSPS) is 19.6. The van der Waals surface area contributed by atoms with Gasteiger partial charge >= 0.3 is 6.18 Å². The van der Waals surface area contributed by atoms with Crippen LogP contribution in [0, 0.1) is 5.82 Å². The number of benzene rings is 1. The number of alkyl halides is 3. The number of nitrogens with zero attached hydrogens (tertiary/aromatic N) is 3. The van der Waals surface area contributed by atoms with Crippen LogP contribution >= 0.6 is 0 Å². The quantitative estimate of drug-likeness (QED) is 0.871. The summed E-state index contributed by atoms with van der Waals surface area (Å²) in [6.07, 6.45) is -1.04. The van der Waals surface area contributed by atoms with Gasteiger partial charge in [0.2, 0.25) is 0 Å². The van der Waals surface area contributed by atoms with Crippen molar-refractivity contribution < 1.29 is 17.6 Å². The molecule has 1 aromatic heterocycles. The van der Waals surface area contributed by atoms with Gasteiger partial charge in [-0.2, -0.15) is 13.2 Å². The minimum Gasteiger partial charge on any atom is -0.337 e. The average Bonchev–Trinajstić information content (AvgIpc) is 2.92. The number of aryl methyl sites for hydroxylation is 1. The lowest BCUT2D eigenvalue weighted by Gasteiger charge is -2.35. The molecule has 2 aromatic rings. The van der Waals surface area contributed by atoms with Crippen LogP contribution in [0.2, 0.25) is 0 Å². The maximum absolute atomic E-state index is 13.6. The fraction of sp³-hybridized carbons (Fsp3) is 0.438. The lowest BCUT2D eigenvalue weighted by molar-refractivity contribution is -0.137. The molecule has 24 heavy (non-hydrogen) atoms. The van der Waals surface area contributed by atoms with Gasteiger partial charge in [-0.3, -0.25) is 4.90 Å². The highest BCUT2D eigenvalue weighted by Crippen LogP contribution is 2.31. The van der Waals surface area contributed by atoms with E-state index in [9.17, 15) is 17.6 Å². The number of hydrogen-bond donors (Lipinski definition) is 1. The molecule has 1 aliphatic rings. The third-order valence-corrected chi connectivity index (χ3v) is 4.18. The van der Waals surface area contributed by atoms with Crippen LogP contribution in [-0.2, 0) is 19.8 Å². The Morgan fingerprint density at radius 2 is 2.08 bits per heavy atom. The molecule has 130 valence electrons. The van der Waals surface area contributed by atoms with Crippen molar-refractivity contribution in [2.24, 2.45) is 7.05 Å². The largest absolute Gasteiger partial charge is 0.416 e. The van der Waals surface area contributed by atoms with E-state index in [4.69, 9.17) is 0 Å². The molecule has 4 nitrogen and oxygen atoms in total. The van der Waals surface area contributed by atoms with Crippen molar-refractivity contribution in [3.8, 4) is 0 Å². The van der Waals surface area contributed by atoms with Gasteiger partial charge in [-0.05, 0) is 23.8 Å². The van der Waals surface area contributed by atoms with Crippen LogP contribution in [0.3, 0.4) is 0 Å². The van der Waals surface area contributed by atoms with E-state index in [0.717, 1.165) is 24.5 Å². The van der Waals surface area contributed by atoms with Gasteiger partial charge < -0.3 is 9.88 Å². The topological polar surface area (TPSA) is 33.1 Å². The van der Waals surface area contributed by atoms with Gasteiger partial charge in [0.1, 0.15) is 11.6 Å². The molecule has 1 unspecified atom stereocenters. The highest BCUT2D eigenvalue weighted by atomic mass is 19.4. The molecule has 1 aliphatic heterocycles. The first kappa shape index (κ1) is 16.9. The number of rotatable bonds is 3. The Hall–Kier alpha value is -1.93. The first-order chi connectivity index (χ1) is 11.3. The van der Waals surface area contributed by atoms with Crippen molar-refractivity contribution in [1.29, 1.82) is 0 Å². The molecule has 1 aromatic carbocycles. The summed E-state index contributed by atoms with van der Waals surface area (Å²) in [4.78, 5) is 6.35. The fourth-order valence-corrected chi connectivity index (χ4v) is 3.03. The standard InChI is InChI=1S/C16H18F4N4/c1-23-4-3-22-15(23)14-9-21-2-5-24(14)10-11-6-12(16(18,19)20)8-13(17)7-11/h3-4,6-8,14,21H,2,5,9-10H2,1H3. The monoisotopic (exact) mass is 342 g/mol. The van der Waals surface area contributed by atoms with E-state index in [1.807, 2.05) is 22.7 Å². The highest BCUT2D eigenvalue weighted by molar-refractivity contribution is 5.27. The molecule has 0 saturated carbocycles. The van der Waals surface area contributed by atoms with Crippen LogP contribution in [0.15, 0.2) is 30.6 Å². The Bertz CT molecular complexity index is 710. The van der Waals surface area contributed by atoms with Crippen LogP contribution < -0.4 is 5.32 Å². The molecule has 0 amide bonds. The van der Waals surface area contributed by atoms with E-state index < -0.39 is 17.6 Å². The van der Waals surface area contributed by atoms with Crippen LogP contribution in [0.5, 0.6) is 0 Å². The van der Waals surface area contributed by atoms with E-state index in [1.165, 1.54) is 0 Å². The molecule has 1 fully saturated rings. The Morgan fingerprint density at radius 3 is 2.75 bits per heavy atom. The van der Waals surface area contributed by atoms with Gasteiger partial charge in [0, 0.05) is 45.6 Å². The van der Waals surface area contributed by atoms with Crippen LogP contribution in [0.1, 0.15) is 23.0 Å². The molecule has 1 atom stereocenters. The summed E-state index contributed by atoms with van der Waals surface area (Å²) in [5.74, 6) is -0.0434. The van der Waals surface area contributed by atoms with Gasteiger partial charge in [0.25, 0.3) is 0 Å². The van der Waals surface area contributed by atoms with E-state index in [1.54, 1.807) is 6.20 Å². The first-order valence-electron chi connectivity index (χ1n) is 7.63. The second-order valence-electron chi connectivity index (χ2n) is 5.93. The zero-order valence-corrected chi connectivity index (χ0v) is 13.1.